The molecular formula is C15H20N2O3. The van der Waals surface area contributed by atoms with Crippen molar-refractivity contribution in [1.82, 2.24) is 10.8 Å². The lowest BCUT2D eigenvalue weighted by Gasteiger charge is -2.02. The molecule has 0 heterocycles. The lowest BCUT2D eigenvalue weighted by atomic mass is 10.2. The van der Waals surface area contributed by atoms with Gasteiger partial charge in [0.15, 0.2) is 0 Å². The molecule has 20 heavy (non-hydrogen) atoms. The summed E-state index contributed by atoms with van der Waals surface area (Å²) in [5, 5.41) is 11.1. The van der Waals surface area contributed by atoms with Crippen molar-refractivity contribution in [3.8, 4) is 0 Å². The highest BCUT2D eigenvalue weighted by Gasteiger charge is 1.99. The van der Waals surface area contributed by atoms with E-state index in [4.69, 9.17) is 5.21 Å². The predicted octanol–water partition coefficient (Wildman–Crippen LogP) is 1.88. The lowest BCUT2D eigenvalue weighted by molar-refractivity contribution is -0.129. The van der Waals surface area contributed by atoms with Crippen molar-refractivity contribution in [2.75, 3.05) is 6.54 Å². The maximum atomic E-state index is 11.5. The first-order valence-corrected chi connectivity index (χ1v) is 6.66. The molecule has 0 fully saturated rings. The zero-order valence-electron chi connectivity index (χ0n) is 11.3. The van der Waals surface area contributed by atoms with Crippen molar-refractivity contribution in [3.05, 3.63) is 42.0 Å². The minimum Gasteiger partial charge on any atom is -0.353 e. The second-order valence-electron chi connectivity index (χ2n) is 4.38. The fraction of sp³-hybridized carbons (Fsp3) is 0.333. The van der Waals surface area contributed by atoms with Crippen LogP contribution in [0.4, 0.5) is 0 Å². The van der Waals surface area contributed by atoms with E-state index < -0.39 is 0 Å². The molecule has 0 aliphatic heterocycles. The van der Waals surface area contributed by atoms with Gasteiger partial charge in [0.2, 0.25) is 11.8 Å². The molecule has 0 spiro atoms. The van der Waals surface area contributed by atoms with Gasteiger partial charge in [-0.05, 0) is 24.5 Å². The Balaban J connectivity index is 2.09. The quantitative estimate of drug-likeness (QED) is 0.293. The standard InChI is InChI=1S/C15H20N2O3/c18-14(11-10-13-7-3-1-4-8-13)16-12-6-2-5-9-15(19)17-20/h1,3-4,7-8,10-11,20H,2,5-6,9,12H2,(H,16,18)(H,17,19)/b11-10-. The number of benzene rings is 1. The molecule has 0 bridgehead atoms. The third-order valence-corrected chi connectivity index (χ3v) is 2.73. The van der Waals surface area contributed by atoms with E-state index in [1.54, 1.807) is 11.6 Å². The Labute approximate surface area is 118 Å². The molecule has 0 saturated carbocycles. The first-order chi connectivity index (χ1) is 9.72. The van der Waals surface area contributed by atoms with E-state index in [1.165, 1.54) is 6.08 Å². The third kappa shape index (κ3) is 7.33. The van der Waals surface area contributed by atoms with Gasteiger partial charge in [-0.25, -0.2) is 5.48 Å². The summed E-state index contributed by atoms with van der Waals surface area (Å²) in [5.41, 5.74) is 2.57. The van der Waals surface area contributed by atoms with Gasteiger partial charge < -0.3 is 5.32 Å². The highest BCUT2D eigenvalue weighted by molar-refractivity contribution is 5.91. The van der Waals surface area contributed by atoms with Gasteiger partial charge in [0, 0.05) is 19.0 Å². The van der Waals surface area contributed by atoms with Crippen LogP contribution in [0.5, 0.6) is 0 Å². The molecule has 3 N–H and O–H groups in total. The molecule has 0 saturated heterocycles. The lowest BCUT2D eigenvalue weighted by Crippen LogP contribution is -2.22. The number of hydrogen-bond donors (Lipinski definition) is 3. The summed E-state index contributed by atoms with van der Waals surface area (Å²) in [6.07, 6.45) is 5.91. The normalized spacial score (nSPS) is 10.4. The number of carbonyl (C=O) groups excluding carboxylic acids is 2. The predicted molar refractivity (Wildman–Crippen MR) is 76.9 cm³/mol. The van der Waals surface area contributed by atoms with Crippen LogP contribution in [0, 0.1) is 0 Å². The minimum atomic E-state index is -0.375. The van der Waals surface area contributed by atoms with Crippen molar-refractivity contribution in [2.45, 2.75) is 25.7 Å². The van der Waals surface area contributed by atoms with Crippen LogP contribution in [-0.2, 0) is 9.59 Å². The van der Waals surface area contributed by atoms with Crippen molar-refractivity contribution in [1.29, 1.82) is 0 Å². The van der Waals surface area contributed by atoms with Gasteiger partial charge in [-0.3, -0.25) is 14.8 Å². The van der Waals surface area contributed by atoms with Crippen LogP contribution in [0.25, 0.3) is 6.08 Å². The van der Waals surface area contributed by atoms with E-state index in [1.807, 2.05) is 30.3 Å². The molecule has 0 atom stereocenters. The summed E-state index contributed by atoms with van der Waals surface area (Å²) in [5.74, 6) is -0.498. The third-order valence-electron chi connectivity index (χ3n) is 2.73. The Morgan fingerprint density at radius 2 is 1.85 bits per heavy atom. The molecule has 0 aliphatic carbocycles. The molecule has 0 radical (unpaired) electrons. The molecule has 5 heteroatoms. The Kier molecular flexibility index (Phi) is 7.76. The molecule has 1 rings (SSSR count). The second-order valence-corrected chi connectivity index (χ2v) is 4.38. The van der Waals surface area contributed by atoms with Gasteiger partial charge in [-0.2, -0.15) is 0 Å². The number of unbranched alkanes of at least 4 members (excludes halogenated alkanes) is 2. The van der Waals surface area contributed by atoms with E-state index in [2.05, 4.69) is 5.32 Å². The number of amides is 2. The maximum Gasteiger partial charge on any atom is 0.243 e. The van der Waals surface area contributed by atoms with Gasteiger partial charge in [0.05, 0.1) is 0 Å². The summed E-state index contributed by atoms with van der Waals surface area (Å²) in [4.78, 5) is 22.2. The molecule has 0 aromatic heterocycles. The van der Waals surface area contributed by atoms with Crippen LogP contribution in [0.3, 0.4) is 0 Å². The molecule has 0 aliphatic rings. The van der Waals surface area contributed by atoms with E-state index >= 15 is 0 Å². The van der Waals surface area contributed by atoms with Gasteiger partial charge in [-0.1, -0.05) is 36.8 Å². The number of carbonyl (C=O) groups is 2. The number of nitrogens with one attached hydrogen (secondary N) is 2. The highest BCUT2D eigenvalue weighted by atomic mass is 16.5. The molecule has 1 aromatic carbocycles. The Bertz CT molecular complexity index is 444. The first-order valence-electron chi connectivity index (χ1n) is 6.66. The fourth-order valence-electron chi connectivity index (χ4n) is 1.65. The summed E-state index contributed by atoms with van der Waals surface area (Å²) in [7, 11) is 0. The molecule has 5 nitrogen and oxygen atoms in total. The van der Waals surface area contributed by atoms with Crippen LogP contribution >= 0.6 is 0 Å². The van der Waals surface area contributed by atoms with Crippen LogP contribution in [-0.4, -0.2) is 23.6 Å². The van der Waals surface area contributed by atoms with Gasteiger partial charge in [0.1, 0.15) is 0 Å². The van der Waals surface area contributed by atoms with E-state index in [0.29, 0.717) is 19.4 Å². The Hall–Kier alpha value is -2.14. The molecule has 2 amide bonds. The molecule has 0 unspecified atom stereocenters. The molecule has 108 valence electrons. The van der Waals surface area contributed by atoms with Gasteiger partial charge in [0.25, 0.3) is 0 Å². The van der Waals surface area contributed by atoms with E-state index in [-0.39, 0.29) is 11.8 Å². The zero-order valence-corrected chi connectivity index (χ0v) is 11.3. The monoisotopic (exact) mass is 276 g/mol. The minimum absolute atomic E-state index is 0.123. The second kappa shape index (κ2) is 9.75. The fourth-order valence-corrected chi connectivity index (χ4v) is 1.65. The van der Waals surface area contributed by atoms with E-state index in [9.17, 15) is 9.59 Å². The topological polar surface area (TPSA) is 78.4 Å². The summed E-state index contributed by atoms with van der Waals surface area (Å²) >= 11 is 0. The Morgan fingerprint density at radius 1 is 1.10 bits per heavy atom. The summed E-state index contributed by atoms with van der Waals surface area (Å²) < 4.78 is 0. The smallest absolute Gasteiger partial charge is 0.243 e. The van der Waals surface area contributed by atoms with Crippen LogP contribution in [0.15, 0.2) is 36.4 Å². The van der Waals surface area contributed by atoms with Crippen molar-refractivity contribution in [3.63, 3.8) is 0 Å². The molecular weight excluding hydrogens is 256 g/mol. The largest absolute Gasteiger partial charge is 0.353 e. The average molecular weight is 276 g/mol. The summed E-state index contributed by atoms with van der Waals surface area (Å²) in [6, 6.07) is 9.61. The number of hydroxylamine groups is 1. The van der Waals surface area contributed by atoms with Crippen molar-refractivity contribution in [2.24, 2.45) is 0 Å². The van der Waals surface area contributed by atoms with Crippen molar-refractivity contribution < 1.29 is 14.8 Å². The van der Waals surface area contributed by atoms with E-state index in [0.717, 1.165) is 18.4 Å². The van der Waals surface area contributed by atoms with Crippen LogP contribution < -0.4 is 10.8 Å². The number of rotatable bonds is 8. The van der Waals surface area contributed by atoms with Gasteiger partial charge in [-0.15, -0.1) is 0 Å². The maximum absolute atomic E-state index is 11.5. The zero-order chi connectivity index (χ0) is 14.6. The average Bonchev–Trinajstić information content (AvgIpc) is 2.49. The highest BCUT2D eigenvalue weighted by Crippen LogP contribution is 2.01. The SMILES string of the molecule is O=C(/C=C\c1ccccc1)NCCCCCC(=O)NO. The van der Waals surface area contributed by atoms with Gasteiger partial charge >= 0.3 is 0 Å². The Morgan fingerprint density at radius 3 is 2.55 bits per heavy atom. The first kappa shape index (κ1) is 15.9. The summed E-state index contributed by atoms with van der Waals surface area (Å²) in [6.45, 7) is 0.582. The van der Waals surface area contributed by atoms with Crippen LogP contribution in [0.2, 0.25) is 0 Å². The number of hydrogen-bond acceptors (Lipinski definition) is 3. The van der Waals surface area contributed by atoms with Crippen LogP contribution in [0.1, 0.15) is 31.2 Å². The van der Waals surface area contributed by atoms with Crippen molar-refractivity contribution >= 4 is 17.9 Å². The molecule has 1 aromatic rings.